The van der Waals surface area contributed by atoms with E-state index in [9.17, 15) is 9.59 Å². The highest BCUT2D eigenvalue weighted by molar-refractivity contribution is 5.87. The third kappa shape index (κ3) is 6.72. The van der Waals surface area contributed by atoms with E-state index in [-0.39, 0.29) is 11.8 Å². The highest BCUT2D eigenvalue weighted by Gasteiger charge is 2.28. The number of nitrogens with zero attached hydrogens (tertiary/aromatic N) is 1. The van der Waals surface area contributed by atoms with Gasteiger partial charge in [-0.1, -0.05) is 74.9 Å². The fraction of sp³-hybridized carbons (Fsp3) is 0.462. The summed E-state index contributed by atoms with van der Waals surface area (Å²) in [7, 11) is 0. The van der Waals surface area contributed by atoms with E-state index >= 15 is 0 Å². The Kier molecular flexibility index (Phi) is 9.10. The SMILES string of the molecule is CCNC(=O)C(CC)N(Cc1ccc(C)cc1)C(=O)CCc1ccc(C(C)C)cc1. The van der Waals surface area contributed by atoms with E-state index in [1.54, 1.807) is 4.90 Å². The van der Waals surface area contributed by atoms with Crippen LogP contribution in [0.2, 0.25) is 0 Å². The molecule has 1 atom stereocenters. The van der Waals surface area contributed by atoms with Crippen LogP contribution in [0.25, 0.3) is 0 Å². The van der Waals surface area contributed by atoms with Crippen molar-refractivity contribution in [2.45, 2.75) is 72.4 Å². The van der Waals surface area contributed by atoms with Crippen LogP contribution < -0.4 is 5.32 Å². The number of nitrogens with one attached hydrogen (secondary N) is 1. The maximum atomic E-state index is 13.2. The number of carbonyl (C=O) groups excluding carboxylic acids is 2. The van der Waals surface area contributed by atoms with Crippen LogP contribution in [0.5, 0.6) is 0 Å². The Labute approximate surface area is 181 Å². The van der Waals surface area contributed by atoms with E-state index in [2.05, 4.69) is 43.4 Å². The van der Waals surface area contributed by atoms with Gasteiger partial charge in [-0.3, -0.25) is 9.59 Å². The summed E-state index contributed by atoms with van der Waals surface area (Å²) < 4.78 is 0. The Morgan fingerprint density at radius 1 is 0.933 bits per heavy atom. The van der Waals surface area contributed by atoms with Crippen molar-refractivity contribution in [1.29, 1.82) is 0 Å². The lowest BCUT2D eigenvalue weighted by Gasteiger charge is -2.30. The molecule has 0 bridgehead atoms. The third-order valence-electron chi connectivity index (χ3n) is 5.48. The molecule has 0 aromatic heterocycles. The molecule has 2 aromatic carbocycles. The van der Waals surface area contributed by atoms with Gasteiger partial charge in [0, 0.05) is 19.5 Å². The molecule has 0 saturated heterocycles. The maximum absolute atomic E-state index is 13.2. The first-order chi connectivity index (χ1) is 14.3. The zero-order valence-corrected chi connectivity index (χ0v) is 19.1. The monoisotopic (exact) mass is 408 g/mol. The van der Waals surface area contributed by atoms with E-state index in [1.807, 2.05) is 45.0 Å². The van der Waals surface area contributed by atoms with Crippen LogP contribution in [-0.4, -0.2) is 29.3 Å². The minimum absolute atomic E-state index is 0.0154. The van der Waals surface area contributed by atoms with Gasteiger partial charge in [0.05, 0.1) is 0 Å². The molecule has 2 aromatic rings. The maximum Gasteiger partial charge on any atom is 0.242 e. The van der Waals surface area contributed by atoms with Gasteiger partial charge in [-0.15, -0.1) is 0 Å². The lowest BCUT2D eigenvalue weighted by atomic mass is 10.00. The van der Waals surface area contributed by atoms with Crippen LogP contribution in [-0.2, 0) is 22.6 Å². The number of rotatable bonds is 10. The highest BCUT2D eigenvalue weighted by Crippen LogP contribution is 2.18. The third-order valence-corrected chi connectivity index (χ3v) is 5.48. The molecule has 0 saturated carbocycles. The number of benzene rings is 2. The molecule has 0 aliphatic rings. The van der Waals surface area contributed by atoms with Gasteiger partial charge in [-0.05, 0) is 49.3 Å². The summed E-state index contributed by atoms with van der Waals surface area (Å²) in [5.41, 5.74) is 4.66. The molecule has 4 heteroatoms. The first kappa shape index (κ1) is 23.7. The van der Waals surface area contributed by atoms with Crippen molar-refractivity contribution in [3.63, 3.8) is 0 Å². The predicted molar refractivity (Wildman–Crippen MR) is 123 cm³/mol. The zero-order chi connectivity index (χ0) is 22.1. The average Bonchev–Trinajstić information content (AvgIpc) is 2.73. The van der Waals surface area contributed by atoms with Crippen molar-refractivity contribution in [2.75, 3.05) is 6.54 Å². The molecule has 4 nitrogen and oxygen atoms in total. The number of amides is 2. The van der Waals surface area contributed by atoms with E-state index in [0.717, 1.165) is 11.1 Å². The van der Waals surface area contributed by atoms with Gasteiger partial charge >= 0.3 is 0 Å². The first-order valence-corrected chi connectivity index (χ1v) is 11.1. The number of carbonyl (C=O) groups is 2. The van der Waals surface area contributed by atoms with E-state index in [4.69, 9.17) is 0 Å². The summed E-state index contributed by atoms with van der Waals surface area (Å²) in [5, 5.41) is 2.88. The van der Waals surface area contributed by atoms with Gasteiger partial charge in [0.1, 0.15) is 6.04 Å². The van der Waals surface area contributed by atoms with Crippen molar-refractivity contribution in [3.8, 4) is 0 Å². The normalized spacial score (nSPS) is 11.9. The molecule has 162 valence electrons. The van der Waals surface area contributed by atoms with E-state index in [1.165, 1.54) is 11.1 Å². The van der Waals surface area contributed by atoms with Crippen molar-refractivity contribution in [3.05, 3.63) is 70.8 Å². The predicted octanol–water partition coefficient (Wildman–Crippen LogP) is 4.99. The fourth-order valence-corrected chi connectivity index (χ4v) is 3.57. The number of hydrogen-bond acceptors (Lipinski definition) is 2. The van der Waals surface area contributed by atoms with Crippen molar-refractivity contribution in [2.24, 2.45) is 0 Å². The minimum Gasteiger partial charge on any atom is -0.355 e. The Balaban J connectivity index is 2.15. The smallest absolute Gasteiger partial charge is 0.242 e. The molecule has 2 amide bonds. The zero-order valence-electron chi connectivity index (χ0n) is 19.1. The molecule has 0 spiro atoms. The van der Waals surface area contributed by atoms with E-state index < -0.39 is 6.04 Å². The number of hydrogen-bond donors (Lipinski definition) is 1. The molecule has 1 unspecified atom stereocenters. The van der Waals surface area contributed by atoms with Crippen molar-refractivity contribution in [1.82, 2.24) is 10.2 Å². The number of likely N-dealkylation sites (N-methyl/N-ethyl adjacent to an activating group) is 1. The van der Waals surface area contributed by atoms with Crippen LogP contribution in [0.3, 0.4) is 0 Å². The molecule has 0 aliphatic heterocycles. The highest BCUT2D eigenvalue weighted by atomic mass is 16.2. The standard InChI is InChI=1S/C26H36N2O2/c1-6-24(26(30)27-7-2)28(18-22-10-8-20(5)9-11-22)25(29)17-14-21-12-15-23(16-13-21)19(3)4/h8-13,15-16,19,24H,6-7,14,17-18H2,1-5H3,(H,27,30). The molecule has 0 aliphatic carbocycles. The summed E-state index contributed by atoms with van der Waals surface area (Å²) in [5.74, 6) is 0.427. The molecule has 1 N–H and O–H groups in total. The summed E-state index contributed by atoms with van der Waals surface area (Å²) in [6.45, 7) is 11.3. The Hall–Kier alpha value is -2.62. The topological polar surface area (TPSA) is 49.4 Å². The lowest BCUT2D eigenvalue weighted by molar-refractivity contribution is -0.141. The van der Waals surface area contributed by atoms with Crippen LogP contribution in [0, 0.1) is 6.92 Å². The van der Waals surface area contributed by atoms with Gasteiger partial charge < -0.3 is 10.2 Å². The van der Waals surface area contributed by atoms with Gasteiger partial charge in [-0.2, -0.15) is 0 Å². The molecule has 2 rings (SSSR count). The summed E-state index contributed by atoms with van der Waals surface area (Å²) in [6.07, 6.45) is 1.66. The molecular weight excluding hydrogens is 372 g/mol. The molecule has 0 heterocycles. The second kappa shape index (κ2) is 11.5. The molecular formula is C26H36N2O2. The summed E-state index contributed by atoms with van der Waals surface area (Å²) in [6, 6.07) is 16.2. The second-order valence-corrected chi connectivity index (χ2v) is 8.22. The largest absolute Gasteiger partial charge is 0.355 e. The van der Waals surface area contributed by atoms with Crippen LogP contribution in [0.1, 0.15) is 68.7 Å². The second-order valence-electron chi connectivity index (χ2n) is 8.22. The number of aryl methyl sites for hydroxylation is 2. The summed E-state index contributed by atoms with van der Waals surface area (Å²) >= 11 is 0. The minimum atomic E-state index is -0.456. The van der Waals surface area contributed by atoms with Gasteiger partial charge in [-0.25, -0.2) is 0 Å². The van der Waals surface area contributed by atoms with Gasteiger partial charge in [0.15, 0.2) is 0 Å². The van der Waals surface area contributed by atoms with Crippen LogP contribution in [0.4, 0.5) is 0 Å². The van der Waals surface area contributed by atoms with Crippen LogP contribution >= 0.6 is 0 Å². The van der Waals surface area contributed by atoms with Crippen molar-refractivity contribution >= 4 is 11.8 Å². The van der Waals surface area contributed by atoms with Crippen LogP contribution in [0.15, 0.2) is 48.5 Å². The lowest BCUT2D eigenvalue weighted by Crippen LogP contribution is -2.49. The van der Waals surface area contributed by atoms with Gasteiger partial charge in [0.25, 0.3) is 0 Å². The Morgan fingerprint density at radius 3 is 2.07 bits per heavy atom. The molecule has 30 heavy (non-hydrogen) atoms. The Morgan fingerprint density at radius 2 is 1.53 bits per heavy atom. The van der Waals surface area contributed by atoms with Gasteiger partial charge in [0.2, 0.25) is 11.8 Å². The first-order valence-electron chi connectivity index (χ1n) is 11.1. The van der Waals surface area contributed by atoms with Crippen molar-refractivity contribution < 1.29 is 9.59 Å². The molecule has 0 fully saturated rings. The van der Waals surface area contributed by atoms with E-state index in [0.29, 0.717) is 38.3 Å². The quantitative estimate of drug-likeness (QED) is 0.602. The average molecular weight is 409 g/mol. The fourth-order valence-electron chi connectivity index (χ4n) is 3.57. The molecule has 0 radical (unpaired) electrons. The summed E-state index contributed by atoms with van der Waals surface area (Å²) in [4.78, 5) is 27.6. The Bertz CT molecular complexity index is 810.